The van der Waals surface area contributed by atoms with Crippen LogP contribution in [0.5, 0.6) is 0 Å². The monoisotopic (exact) mass is 556 g/mol. The minimum Gasteiger partial charge on any atom is -0.374 e. The highest BCUT2D eigenvalue weighted by molar-refractivity contribution is 7.86. The SMILES string of the molecule is CCCCCCCCCCC/C=C/C=C/[C@H](OCc1ccccc1)[C@@H](COCc1ccccc1)OS(C)(=O)=O. The lowest BCUT2D eigenvalue weighted by Gasteiger charge is -2.24. The third-order valence-corrected chi connectivity index (χ3v) is 6.96. The molecule has 0 aliphatic heterocycles. The van der Waals surface area contributed by atoms with E-state index in [1.807, 2.05) is 78.9 Å². The zero-order valence-corrected chi connectivity index (χ0v) is 24.7. The molecular formula is C33H48O5S. The fraction of sp³-hybridized carbons (Fsp3) is 0.515. The summed E-state index contributed by atoms with van der Waals surface area (Å²) in [5, 5.41) is 0. The number of hydrogen-bond acceptors (Lipinski definition) is 5. The highest BCUT2D eigenvalue weighted by Gasteiger charge is 2.25. The smallest absolute Gasteiger partial charge is 0.264 e. The predicted octanol–water partition coefficient (Wildman–Crippen LogP) is 8.17. The number of hydrogen-bond donors (Lipinski definition) is 0. The molecular weight excluding hydrogens is 508 g/mol. The van der Waals surface area contributed by atoms with Gasteiger partial charge in [0.25, 0.3) is 10.1 Å². The van der Waals surface area contributed by atoms with E-state index in [0.717, 1.165) is 23.8 Å². The van der Waals surface area contributed by atoms with Crippen LogP contribution in [-0.2, 0) is 37.0 Å². The van der Waals surface area contributed by atoms with E-state index >= 15 is 0 Å². The quantitative estimate of drug-likeness (QED) is 0.0831. The van der Waals surface area contributed by atoms with Crippen molar-refractivity contribution in [1.82, 2.24) is 0 Å². The standard InChI is InChI=1S/C33H48O5S/c1-3-4-5-6-7-8-9-10-11-12-13-14-21-26-32(37-28-31-24-19-16-20-25-31)33(38-39(2,34)35)29-36-27-30-22-17-15-18-23-30/h13-26,32-33H,3-12,27-29H2,1-2H3/b14-13+,26-21+/t32-,33+/m0/s1. The van der Waals surface area contributed by atoms with Crippen LogP contribution in [0.25, 0.3) is 0 Å². The Balaban J connectivity index is 1.90. The second kappa shape index (κ2) is 20.6. The van der Waals surface area contributed by atoms with E-state index in [1.165, 1.54) is 57.8 Å². The Hall–Kier alpha value is -2.25. The summed E-state index contributed by atoms with van der Waals surface area (Å²) >= 11 is 0. The van der Waals surface area contributed by atoms with E-state index in [-0.39, 0.29) is 6.61 Å². The fourth-order valence-electron chi connectivity index (χ4n) is 4.24. The van der Waals surface area contributed by atoms with E-state index in [0.29, 0.717) is 13.2 Å². The maximum absolute atomic E-state index is 12.1. The van der Waals surface area contributed by atoms with Crippen molar-refractivity contribution in [3.05, 3.63) is 96.1 Å². The molecule has 0 spiro atoms. The largest absolute Gasteiger partial charge is 0.374 e. The molecule has 6 heteroatoms. The molecule has 0 N–H and O–H groups in total. The molecule has 0 saturated carbocycles. The first-order valence-corrected chi connectivity index (χ1v) is 16.3. The van der Waals surface area contributed by atoms with Crippen LogP contribution >= 0.6 is 0 Å². The molecule has 0 aliphatic rings. The third kappa shape index (κ3) is 17.1. The van der Waals surface area contributed by atoms with Gasteiger partial charge in [-0.05, 0) is 24.0 Å². The summed E-state index contributed by atoms with van der Waals surface area (Å²) < 4.78 is 41.6. The molecule has 0 heterocycles. The first kappa shape index (κ1) is 33.0. The van der Waals surface area contributed by atoms with Gasteiger partial charge in [-0.25, -0.2) is 0 Å². The molecule has 39 heavy (non-hydrogen) atoms. The first-order valence-electron chi connectivity index (χ1n) is 14.5. The van der Waals surface area contributed by atoms with Crippen LogP contribution in [0.2, 0.25) is 0 Å². The maximum atomic E-state index is 12.1. The number of benzene rings is 2. The van der Waals surface area contributed by atoms with Gasteiger partial charge in [0.15, 0.2) is 0 Å². The van der Waals surface area contributed by atoms with Gasteiger partial charge in [0.1, 0.15) is 12.2 Å². The van der Waals surface area contributed by atoms with Gasteiger partial charge in [-0.1, -0.05) is 143 Å². The van der Waals surface area contributed by atoms with Gasteiger partial charge in [-0.3, -0.25) is 4.18 Å². The molecule has 216 valence electrons. The zero-order valence-electron chi connectivity index (χ0n) is 23.9. The molecule has 0 fully saturated rings. The van der Waals surface area contributed by atoms with Crippen molar-refractivity contribution in [3.63, 3.8) is 0 Å². The number of allylic oxidation sites excluding steroid dienone is 3. The number of ether oxygens (including phenoxy) is 2. The van der Waals surface area contributed by atoms with Gasteiger partial charge in [-0.2, -0.15) is 8.42 Å². The van der Waals surface area contributed by atoms with Crippen molar-refractivity contribution in [3.8, 4) is 0 Å². The molecule has 0 bridgehead atoms. The van der Waals surface area contributed by atoms with E-state index in [4.69, 9.17) is 13.7 Å². The molecule has 0 unspecified atom stereocenters. The van der Waals surface area contributed by atoms with Crippen LogP contribution < -0.4 is 0 Å². The first-order chi connectivity index (χ1) is 19.0. The normalized spacial score (nSPS) is 13.8. The van der Waals surface area contributed by atoms with Gasteiger partial charge in [0.2, 0.25) is 0 Å². The third-order valence-electron chi connectivity index (χ3n) is 6.37. The Morgan fingerprint density at radius 1 is 0.744 bits per heavy atom. The number of rotatable bonds is 22. The van der Waals surface area contributed by atoms with Crippen molar-refractivity contribution in [2.45, 2.75) is 96.6 Å². The Bertz CT molecular complexity index is 1020. The molecule has 2 rings (SSSR count). The summed E-state index contributed by atoms with van der Waals surface area (Å²) in [7, 11) is -3.72. The molecule has 0 radical (unpaired) electrons. The van der Waals surface area contributed by atoms with E-state index in [2.05, 4.69) is 13.0 Å². The fourth-order valence-corrected chi connectivity index (χ4v) is 4.86. The van der Waals surface area contributed by atoms with E-state index < -0.39 is 22.3 Å². The molecule has 2 aromatic rings. The van der Waals surface area contributed by atoms with Crippen molar-refractivity contribution >= 4 is 10.1 Å². The molecule has 0 amide bonds. The summed E-state index contributed by atoms with van der Waals surface area (Å²) in [6, 6.07) is 19.6. The van der Waals surface area contributed by atoms with Gasteiger partial charge in [-0.15, -0.1) is 0 Å². The lowest BCUT2D eigenvalue weighted by molar-refractivity contribution is -0.0460. The topological polar surface area (TPSA) is 61.8 Å². The predicted molar refractivity (Wildman–Crippen MR) is 161 cm³/mol. The van der Waals surface area contributed by atoms with Crippen LogP contribution in [0.3, 0.4) is 0 Å². The highest BCUT2D eigenvalue weighted by atomic mass is 32.2. The van der Waals surface area contributed by atoms with Crippen LogP contribution in [-0.4, -0.2) is 33.5 Å². The van der Waals surface area contributed by atoms with Crippen molar-refractivity contribution in [1.29, 1.82) is 0 Å². The minimum atomic E-state index is -3.72. The summed E-state index contributed by atoms with van der Waals surface area (Å²) in [6.07, 6.45) is 20.4. The summed E-state index contributed by atoms with van der Waals surface area (Å²) in [4.78, 5) is 0. The average Bonchev–Trinajstić information content (AvgIpc) is 2.93. The van der Waals surface area contributed by atoms with Crippen molar-refractivity contribution < 1.29 is 22.1 Å². The van der Waals surface area contributed by atoms with E-state index in [9.17, 15) is 8.42 Å². The van der Waals surface area contributed by atoms with Gasteiger partial charge in [0, 0.05) is 0 Å². The lowest BCUT2D eigenvalue weighted by Crippen LogP contribution is -2.36. The minimum absolute atomic E-state index is 0.0773. The van der Waals surface area contributed by atoms with Gasteiger partial charge in [0.05, 0.1) is 26.1 Å². The van der Waals surface area contributed by atoms with Gasteiger partial charge < -0.3 is 9.47 Å². The molecule has 0 aliphatic carbocycles. The average molecular weight is 557 g/mol. The maximum Gasteiger partial charge on any atom is 0.264 e. The highest BCUT2D eigenvalue weighted by Crippen LogP contribution is 2.15. The lowest BCUT2D eigenvalue weighted by atomic mass is 10.1. The molecule has 0 saturated heterocycles. The Morgan fingerprint density at radius 2 is 1.31 bits per heavy atom. The Morgan fingerprint density at radius 3 is 1.90 bits per heavy atom. The van der Waals surface area contributed by atoms with Crippen LogP contribution in [0.1, 0.15) is 82.3 Å². The van der Waals surface area contributed by atoms with Crippen LogP contribution in [0.4, 0.5) is 0 Å². The summed E-state index contributed by atoms with van der Waals surface area (Å²) in [6.45, 7) is 3.02. The number of unbranched alkanes of at least 4 members (excludes halogenated alkanes) is 9. The second-order valence-electron chi connectivity index (χ2n) is 10.0. The summed E-state index contributed by atoms with van der Waals surface area (Å²) in [5.74, 6) is 0. The second-order valence-corrected chi connectivity index (χ2v) is 11.6. The van der Waals surface area contributed by atoms with E-state index in [1.54, 1.807) is 0 Å². The van der Waals surface area contributed by atoms with Crippen molar-refractivity contribution in [2.75, 3.05) is 12.9 Å². The Kier molecular flexibility index (Phi) is 17.4. The van der Waals surface area contributed by atoms with Crippen LogP contribution in [0, 0.1) is 0 Å². The molecule has 5 nitrogen and oxygen atoms in total. The zero-order chi connectivity index (χ0) is 28.0. The van der Waals surface area contributed by atoms with Crippen LogP contribution in [0.15, 0.2) is 85.0 Å². The van der Waals surface area contributed by atoms with Crippen molar-refractivity contribution in [2.24, 2.45) is 0 Å². The molecule has 2 aromatic carbocycles. The Labute approximate surface area is 237 Å². The summed E-state index contributed by atoms with van der Waals surface area (Å²) in [5.41, 5.74) is 2.01. The van der Waals surface area contributed by atoms with Gasteiger partial charge >= 0.3 is 0 Å². The molecule has 0 aromatic heterocycles. The molecule has 2 atom stereocenters.